The fourth-order valence-electron chi connectivity index (χ4n) is 1.89. The van der Waals surface area contributed by atoms with Crippen molar-refractivity contribution in [1.29, 1.82) is 0 Å². The van der Waals surface area contributed by atoms with Crippen molar-refractivity contribution in [2.24, 2.45) is 7.05 Å². The monoisotopic (exact) mass is 306 g/mol. The molecule has 112 valence electrons. The number of H-pyrrole nitrogens is 1. The van der Waals surface area contributed by atoms with Gasteiger partial charge in [0.05, 0.1) is 12.1 Å². The van der Waals surface area contributed by atoms with Crippen LogP contribution < -0.4 is 5.32 Å². The highest BCUT2D eigenvalue weighted by atomic mass is 32.1. The summed E-state index contributed by atoms with van der Waals surface area (Å²) >= 11 is 5.00. The van der Waals surface area contributed by atoms with E-state index in [0.717, 1.165) is 5.56 Å². The molecular formula is C14H18N4O2S. The smallest absolute Gasteiger partial charge is 0.255 e. The first-order valence-corrected chi connectivity index (χ1v) is 7.02. The Labute approximate surface area is 127 Å². The number of benzene rings is 1. The van der Waals surface area contributed by atoms with Crippen molar-refractivity contribution in [1.82, 2.24) is 20.1 Å². The van der Waals surface area contributed by atoms with Gasteiger partial charge in [0.2, 0.25) is 0 Å². The molecule has 6 nitrogen and oxygen atoms in total. The molecule has 7 heteroatoms. The lowest BCUT2D eigenvalue weighted by molar-refractivity contribution is 0.0947. The largest absolute Gasteiger partial charge is 0.507 e. The third-order valence-corrected chi connectivity index (χ3v) is 3.68. The standard InChI is InChI=1S/C14H18N4O2S/c1-8(2)9-4-5-10(11(19)6-9)13(20)15-7-12-16-17-14(21)18(12)3/h4-6,8,19H,7H2,1-3H3,(H,15,20)(H,17,21). The van der Waals surface area contributed by atoms with Crippen LogP contribution in [0.15, 0.2) is 18.2 Å². The predicted octanol–water partition coefficient (Wildman–Crippen LogP) is 2.24. The normalized spacial score (nSPS) is 10.9. The molecule has 1 heterocycles. The Morgan fingerprint density at radius 2 is 2.24 bits per heavy atom. The Hall–Kier alpha value is -2.15. The van der Waals surface area contributed by atoms with Crippen LogP contribution >= 0.6 is 12.2 Å². The summed E-state index contributed by atoms with van der Waals surface area (Å²) in [6, 6.07) is 5.09. The average molecular weight is 306 g/mol. The fraction of sp³-hybridized carbons (Fsp3) is 0.357. The molecule has 0 bridgehead atoms. The van der Waals surface area contributed by atoms with Crippen molar-refractivity contribution in [3.05, 3.63) is 39.9 Å². The molecule has 0 atom stereocenters. The molecule has 0 unspecified atom stereocenters. The van der Waals surface area contributed by atoms with E-state index in [9.17, 15) is 9.90 Å². The van der Waals surface area contributed by atoms with E-state index < -0.39 is 0 Å². The van der Waals surface area contributed by atoms with Gasteiger partial charge in [-0.25, -0.2) is 0 Å². The number of amides is 1. The molecule has 0 radical (unpaired) electrons. The number of hydrogen-bond donors (Lipinski definition) is 3. The second-order valence-corrected chi connectivity index (χ2v) is 5.50. The number of phenols is 1. The number of carbonyl (C=O) groups is 1. The summed E-state index contributed by atoms with van der Waals surface area (Å²) in [5, 5.41) is 19.3. The number of nitrogens with zero attached hydrogens (tertiary/aromatic N) is 2. The van der Waals surface area contributed by atoms with E-state index in [4.69, 9.17) is 12.2 Å². The molecule has 0 aliphatic heterocycles. The van der Waals surface area contributed by atoms with Gasteiger partial charge >= 0.3 is 0 Å². The van der Waals surface area contributed by atoms with Gasteiger partial charge in [0.25, 0.3) is 5.91 Å². The van der Waals surface area contributed by atoms with Crippen LogP contribution in [-0.2, 0) is 13.6 Å². The molecule has 0 saturated heterocycles. The number of aromatic amines is 1. The summed E-state index contributed by atoms with van der Waals surface area (Å²) in [7, 11) is 1.77. The van der Waals surface area contributed by atoms with Crippen molar-refractivity contribution in [2.45, 2.75) is 26.3 Å². The highest BCUT2D eigenvalue weighted by Crippen LogP contribution is 2.23. The molecule has 2 rings (SSSR count). The number of hydrogen-bond acceptors (Lipinski definition) is 4. The van der Waals surface area contributed by atoms with Crippen molar-refractivity contribution >= 4 is 18.1 Å². The molecular weight excluding hydrogens is 288 g/mol. The maximum Gasteiger partial charge on any atom is 0.255 e. The molecule has 1 amide bonds. The minimum absolute atomic E-state index is 0.0194. The Morgan fingerprint density at radius 1 is 1.52 bits per heavy atom. The third-order valence-electron chi connectivity index (χ3n) is 3.31. The number of aromatic nitrogens is 3. The lowest BCUT2D eigenvalue weighted by Gasteiger charge is -2.10. The van der Waals surface area contributed by atoms with Gasteiger partial charge in [-0.05, 0) is 35.8 Å². The van der Waals surface area contributed by atoms with Crippen LogP contribution in [-0.4, -0.2) is 25.8 Å². The van der Waals surface area contributed by atoms with E-state index in [-0.39, 0.29) is 23.8 Å². The maximum absolute atomic E-state index is 12.1. The third kappa shape index (κ3) is 3.30. The van der Waals surface area contributed by atoms with Crippen molar-refractivity contribution < 1.29 is 9.90 Å². The van der Waals surface area contributed by atoms with Gasteiger partial charge in [0, 0.05) is 7.05 Å². The predicted molar refractivity (Wildman–Crippen MR) is 81.8 cm³/mol. The van der Waals surface area contributed by atoms with Crippen LogP contribution in [0.1, 0.15) is 41.5 Å². The van der Waals surface area contributed by atoms with Crippen LogP contribution in [0.25, 0.3) is 0 Å². The Morgan fingerprint density at radius 3 is 2.76 bits per heavy atom. The fourth-order valence-corrected chi connectivity index (χ4v) is 2.04. The molecule has 1 aromatic heterocycles. The van der Waals surface area contributed by atoms with E-state index in [2.05, 4.69) is 15.5 Å². The van der Waals surface area contributed by atoms with Gasteiger partial charge < -0.3 is 15.0 Å². The minimum Gasteiger partial charge on any atom is -0.507 e. The Bertz CT molecular complexity index is 718. The van der Waals surface area contributed by atoms with Gasteiger partial charge in [-0.15, -0.1) is 0 Å². The minimum atomic E-state index is -0.350. The zero-order valence-electron chi connectivity index (χ0n) is 12.2. The van der Waals surface area contributed by atoms with Crippen molar-refractivity contribution in [3.8, 4) is 5.75 Å². The van der Waals surface area contributed by atoms with E-state index in [1.807, 2.05) is 19.9 Å². The first-order chi connectivity index (χ1) is 9.90. The highest BCUT2D eigenvalue weighted by Gasteiger charge is 2.13. The molecule has 0 fully saturated rings. The zero-order valence-corrected chi connectivity index (χ0v) is 13.0. The first kappa shape index (κ1) is 15.2. The quantitative estimate of drug-likeness (QED) is 0.757. The van der Waals surface area contributed by atoms with Crippen molar-refractivity contribution in [2.75, 3.05) is 0 Å². The molecule has 0 spiro atoms. The lowest BCUT2D eigenvalue weighted by atomic mass is 10.0. The topological polar surface area (TPSA) is 82.9 Å². The van der Waals surface area contributed by atoms with E-state index in [0.29, 0.717) is 16.5 Å². The molecule has 3 N–H and O–H groups in total. The summed E-state index contributed by atoms with van der Waals surface area (Å²) < 4.78 is 2.17. The lowest BCUT2D eigenvalue weighted by Crippen LogP contribution is -2.24. The van der Waals surface area contributed by atoms with Gasteiger partial charge in [-0.3, -0.25) is 9.89 Å². The summed E-state index contributed by atoms with van der Waals surface area (Å²) in [5.74, 6) is 0.541. The van der Waals surface area contributed by atoms with Gasteiger partial charge in [0.15, 0.2) is 10.6 Å². The van der Waals surface area contributed by atoms with Crippen LogP contribution in [0.4, 0.5) is 0 Å². The molecule has 0 aliphatic carbocycles. The number of phenolic OH excluding ortho intramolecular Hbond substituents is 1. The summed E-state index contributed by atoms with van der Waals surface area (Å²) in [6.07, 6.45) is 0. The summed E-state index contributed by atoms with van der Waals surface area (Å²) in [4.78, 5) is 12.1. The van der Waals surface area contributed by atoms with Crippen molar-refractivity contribution in [3.63, 3.8) is 0 Å². The molecule has 1 aromatic carbocycles. The first-order valence-electron chi connectivity index (χ1n) is 6.61. The zero-order chi connectivity index (χ0) is 15.6. The van der Waals surface area contributed by atoms with E-state index in [1.54, 1.807) is 23.7 Å². The SMILES string of the molecule is CC(C)c1ccc(C(=O)NCc2n[nH]c(=S)n2C)c(O)c1. The van der Waals surface area contributed by atoms with Gasteiger partial charge in [-0.2, -0.15) is 5.10 Å². The van der Waals surface area contributed by atoms with Crippen LogP contribution in [0.3, 0.4) is 0 Å². The van der Waals surface area contributed by atoms with Crippen LogP contribution in [0.2, 0.25) is 0 Å². The van der Waals surface area contributed by atoms with Gasteiger partial charge in [-0.1, -0.05) is 19.9 Å². The molecule has 0 aliphatic rings. The van der Waals surface area contributed by atoms with E-state index >= 15 is 0 Å². The second kappa shape index (κ2) is 6.09. The summed E-state index contributed by atoms with van der Waals surface area (Å²) in [6.45, 7) is 4.28. The number of nitrogens with one attached hydrogen (secondary N) is 2. The van der Waals surface area contributed by atoms with E-state index in [1.165, 1.54) is 0 Å². The number of rotatable bonds is 4. The molecule has 2 aromatic rings. The maximum atomic E-state index is 12.1. The second-order valence-electron chi connectivity index (χ2n) is 5.12. The molecule has 0 saturated carbocycles. The average Bonchev–Trinajstić information content (AvgIpc) is 2.76. The molecule has 21 heavy (non-hydrogen) atoms. The van der Waals surface area contributed by atoms with Crippen LogP contribution in [0, 0.1) is 4.77 Å². The Balaban J connectivity index is 2.10. The highest BCUT2D eigenvalue weighted by molar-refractivity contribution is 7.71. The van der Waals surface area contributed by atoms with Crippen LogP contribution in [0.5, 0.6) is 5.75 Å². The summed E-state index contributed by atoms with van der Waals surface area (Å²) in [5.41, 5.74) is 1.23. The van der Waals surface area contributed by atoms with Gasteiger partial charge in [0.1, 0.15) is 5.75 Å². The Kier molecular flexibility index (Phi) is 4.42. The number of carbonyl (C=O) groups excluding carboxylic acids is 1. The number of aromatic hydroxyl groups is 1.